The number of ether oxygens (including phenoxy) is 1. The lowest BCUT2D eigenvalue weighted by Crippen LogP contribution is -2.54. The lowest BCUT2D eigenvalue weighted by Gasteiger charge is -2.36. The van der Waals surface area contributed by atoms with Crippen LogP contribution in [0.1, 0.15) is 19.8 Å². The molecule has 2 rings (SSSR count). The van der Waals surface area contributed by atoms with Gasteiger partial charge in [-0.05, 0) is 19.8 Å². The van der Waals surface area contributed by atoms with Crippen LogP contribution in [0.3, 0.4) is 0 Å². The van der Waals surface area contributed by atoms with Crippen LogP contribution in [0.4, 0.5) is 0 Å². The molecule has 2 N–H and O–H groups in total. The van der Waals surface area contributed by atoms with Gasteiger partial charge < -0.3 is 15.2 Å². The number of nitrogens with one attached hydrogen (secondary N) is 1. The van der Waals surface area contributed by atoms with Crippen molar-refractivity contribution >= 4 is 11.9 Å². The summed E-state index contributed by atoms with van der Waals surface area (Å²) < 4.78 is 5.27. The Morgan fingerprint density at radius 2 is 1.86 bits per heavy atom. The molecule has 2 aliphatic heterocycles. The fraction of sp³-hybridized carbons (Fsp3) is 0.857. The Bertz CT molecular complexity index is 363. The van der Waals surface area contributed by atoms with Crippen molar-refractivity contribution in [2.75, 3.05) is 45.9 Å². The minimum absolute atomic E-state index is 0.0571. The summed E-state index contributed by atoms with van der Waals surface area (Å²) >= 11 is 0. The lowest BCUT2D eigenvalue weighted by atomic mass is 10.1. The summed E-state index contributed by atoms with van der Waals surface area (Å²) in [4.78, 5) is 27.0. The Kier molecular flexibility index (Phi) is 5.96. The van der Waals surface area contributed by atoms with Crippen LogP contribution in [0, 0.1) is 0 Å². The maximum absolute atomic E-state index is 12.0. The zero-order valence-electron chi connectivity index (χ0n) is 12.6. The minimum atomic E-state index is -0.791. The van der Waals surface area contributed by atoms with Crippen LogP contribution in [-0.4, -0.2) is 84.8 Å². The third kappa shape index (κ3) is 4.94. The Morgan fingerprint density at radius 1 is 1.24 bits per heavy atom. The van der Waals surface area contributed by atoms with Gasteiger partial charge in [0.25, 0.3) is 0 Å². The SMILES string of the molecule is CC(C(=O)O)N1CCN(CC(=O)NC2CCOCC2)CC1. The van der Waals surface area contributed by atoms with Crippen molar-refractivity contribution in [1.82, 2.24) is 15.1 Å². The van der Waals surface area contributed by atoms with Crippen molar-refractivity contribution in [1.29, 1.82) is 0 Å². The number of nitrogens with zero attached hydrogens (tertiary/aromatic N) is 2. The van der Waals surface area contributed by atoms with Gasteiger partial charge in [-0.25, -0.2) is 0 Å². The van der Waals surface area contributed by atoms with Crippen molar-refractivity contribution < 1.29 is 19.4 Å². The molecule has 7 nitrogen and oxygen atoms in total. The molecule has 0 aromatic carbocycles. The van der Waals surface area contributed by atoms with Gasteiger partial charge in [0, 0.05) is 45.4 Å². The van der Waals surface area contributed by atoms with Gasteiger partial charge in [-0.15, -0.1) is 0 Å². The number of rotatable bonds is 5. The first kappa shape index (κ1) is 16.2. The quantitative estimate of drug-likeness (QED) is 0.703. The van der Waals surface area contributed by atoms with E-state index in [9.17, 15) is 9.59 Å². The van der Waals surface area contributed by atoms with Crippen LogP contribution in [0.5, 0.6) is 0 Å². The standard InChI is InChI=1S/C14H25N3O4/c1-11(14(19)20)17-6-4-16(5-7-17)10-13(18)15-12-2-8-21-9-3-12/h11-12H,2-10H2,1H3,(H,15,18)(H,19,20). The second-order valence-corrected chi connectivity index (χ2v) is 5.78. The van der Waals surface area contributed by atoms with E-state index in [1.54, 1.807) is 6.92 Å². The van der Waals surface area contributed by atoms with Gasteiger partial charge in [0.2, 0.25) is 5.91 Å². The number of amides is 1. The summed E-state index contributed by atoms with van der Waals surface area (Å²) in [6.45, 7) is 6.39. The second-order valence-electron chi connectivity index (χ2n) is 5.78. The summed E-state index contributed by atoms with van der Waals surface area (Å²) in [5, 5.41) is 12.0. The average molecular weight is 299 g/mol. The molecule has 1 atom stereocenters. The summed E-state index contributed by atoms with van der Waals surface area (Å²) in [6, 6.07) is -0.220. The third-order valence-corrected chi connectivity index (χ3v) is 4.27. The maximum Gasteiger partial charge on any atom is 0.320 e. The average Bonchev–Trinajstić information content (AvgIpc) is 2.48. The number of carboxylic acid groups (broad SMARTS) is 1. The monoisotopic (exact) mass is 299 g/mol. The van der Waals surface area contributed by atoms with E-state index >= 15 is 0 Å². The van der Waals surface area contributed by atoms with E-state index < -0.39 is 12.0 Å². The number of hydrogen-bond acceptors (Lipinski definition) is 5. The molecule has 0 aromatic heterocycles. The molecule has 0 radical (unpaired) electrons. The molecular weight excluding hydrogens is 274 g/mol. The first-order chi connectivity index (χ1) is 10.1. The highest BCUT2D eigenvalue weighted by molar-refractivity contribution is 5.78. The molecule has 0 saturated carbocycles. The van der Waals surface area contributed by atoms with E-state index in [0.717, 1.165) is 39.1 Å². The fourth-order valence-electron chi connectivity index (χ4n) is 2.78. The highest BCUT2D eigenvalue weighted by Crippen LogP contribution is 2.08. The molecule has 0 aromatic rings. The second kappa shape index (κ2) is 7.72. The first-order valence-electron chi connectivity index (χ1n) is 7.62. The number of carboxylic acids is 1. The summed E-state index contributed by atoms with van der Waals surface area (Å²) in [5.74, 6) is -0.734. The Hall–Kier alpha value is -1.18. The highest BCUT2D eigenvalue weighted by atomic mass is 16.5. The lowest BCUT2D eigenvalue weighted by molar-refractivity contribution is -0.143. The van der Waals surface area contributed by atoms with Gasteiger partial charge >= 0.3 is 5.97 Å². The predicted octanol–water partition coefficient (Wildman–Crippen LogP) is -0.628. The summed E-state index contributed by atoms with van der Waals surface area (Å²) in [5.41, 5.74) is 0. The number of carbonyl (C=O) groups is 2. The smallest absolute Gasteiger partial charge is 0.320 e. The third-order valence-electron chi connectivity index (χ3n) is 4.27. The molecule has 1 unspecified atom stereocenters. The van der Waals surface area contributed by atoms with E-state index in [4.69, 9.17) is 9.84 Å². The molecule has 120 valence electrons. The first-order valence-corrected chi connectivity index (χ1v) is 7.62. The molecule has 2 aliphatic rings. The largest absolute Gasteiger partial charge is 0.480 e. The Balaban J connectivity index is 1.68. The summed E-state index contributed by atoms with van der Waals surface area (Å²) in [6.07, 6.45) is 1.77. The van der Waals surface area contributed by atoms with Crippen LogP contribution < -0.4 is 5.32 Å². The molecule has 2 saturated heterocycles. The van der Waals surface area contributed by atoms with Crippen LogP contribution in [0.25, 0.3) is 0 Å². The molecule has 2 fully saturated rings. The molecule has 1 amide bonds. The topological polar surface area (TPSA) is 82.1 Å². The van der Waals surface area contributed by atoms with Crippen LogP contribution in [0.2, 0.25) is 0 Å². The number of aliphatic carboxylic acids is 1. The fourth-order valence-corrected chi connectivity index (χ4v) is 2.78. The van der Waals surface area contributed by atoms with Crippen molar-refractivity contribution in [2.24, 2.45) is 0 Å². The minimum Gasteiger partial charge on any atom is -0.480 e. The van der Waals surface area contributed by atoms with Gasteiger partial charge in [0.15, 0.2) is 0 Å². The van der Waals surface area contributed by atoms with E-state index in [0.29, 0.717) is 19.6 Å². The van der Waals surface area contributed by atoms with Crippen molar-refractivity contribution in [3.05, 3.63) is 0 Å². The van der Waals surface area contributed by atoms with Gasteiger partial charge in [-0.3, -0.25) is 19.4 Å². The van der Waals surface area contributed by atoms with Crippen molar-refractivity contribution in [3.63, 3.8) is 0 Å². The molecule has 7 heteroatoms. The van der Waals surface area contributed by atoms with Crippen LogP contribution in [0.15, 0.2) is 0 Å². The van der Waals surface area contributed by atoms with Gasteiger partial charge in [0.1, 0.15) is 6.04 Å². The normalized spacial score (nSPS) is 23.7. The number of hydrogen-bond donors (Lipinski definition) is 2. The van der Waals surface area contributed by atoms with Crippen molar-refractivity contribution in [2.45, 2.75) is 31.8 Å². The molecule has 0 bridgehead atoms. The number of carbonyl (C=O) groups excluding carboxylic acids is 1. The summed E-state index contributed by atoms with van der Waals surface area (Å²) in [7, 11) is 0. The van der Waals surface area contributed by atoms with Gasteiger partial charge in [-0.2, -0.15) is 0 Å². The number of piperazine rings is 1. The molecular formula is C14H25N3O4. The molecule has 21 heavy (non-hydrogen) atoms. The van der Waals surface area contributed by atoms with E-state index in [-0.39, 0.29) is 11.9 Å². The van der Waals surface area contributed by atoms with E-state index in [1.807, 2.05) is 4.90 Å². The van der Waals surface area contributed by atoms with Crippen molar-refractivity contribution in [3.8, 4) is 0 Å². The van der Waals surface area contributed by atoms with Gasteiger partial charge in [-0.1, -0.05) is 0 Å². The molecule has 0 spiro atoms. The van der Waals surface area contributed by atoms with E-state index in [2.05, 4.69) is 10.2 Å². The van der Waals surface area contributed by atoms with E-state index in [1.165, 1.54) is 0 Å². The molecule has 2 heterocycles. The van der Waals surface area contributed by atoms with Crippen LogP contribution >= 0.6 is 0 Å². The molecule has 0 aliphatic carbocycles. The van der Waals surface area contributed by atoms with Gasteiger partial charge in [0.05, 0.1) is 6.54 Å². The Labute approximate surface area is 125 Å². The maximum atomic E-state index is 12.0. The zero-order chi connectivity index (χ0) is 15.2. The Morgan fingerprint density at radius 3 is 2.43 bits per heavy atom. The highest BCUT2D eigenvalue weighted by Gasteiger charge is 2.26. The zero-order valence-corrected chi connectivity index (χ0v) is 12.6. The predicted molar refractivity (Wildman–Crippen MR) is 77.1 cm³/mol. The van der Waals surface area contributed by atoms with Crippen LogP contribution in [-0.2, 0) is 14.3 Å².